The van der Waals surface area contributed by atoms with Crippen molar-refractivity contribution in [3.63, 3.8) is 0 Å². The van der Waals surface area contributed by atoms with Gasteiger partial charge in [-0.25, -0.2) is 0 Å². The molecule has 0 aliphatic heterocycles. The number of rotatable bonds is 2. The molecule has 1 nitrogen and oxygen atoms in total. The SMILES string of the molecule is C=C(C)C1CCCC(C(C)N)CCC1. The summed E-state index contributed by atoms with van der Waals surface area (Å²) in [6.07, 6.45) is 7.98. The van der Waals surface area contributed by atoms with Crippen molar-refractivity contribution < 1.29 is 0 Å². The van der Waals surface area contributed by atoms with Gasteiger partial charge in [0.05, 0.1) is 0 Å². The smallest absolute Gasteiger partial charge is 0.00387 e. The van der Waals surface area contributed by atoms with E-state index >= 15 is 0 Å². The predicted molar refractivity (Wildman–Crippen MR) is 63.1 cm³/mol. The maximum atomic E-state index is 5.96. The minimum Gasteiger partial charge on any atom is -0.328 e. The molecule has 1 saturated carbocycles. The first kappa shape index (κ1) is 11.8. The topological polar surface area (TPSA) is 26.0 Å². The second-order valence-corrected chi connectivity index (χ2v) is 5.02. The average Bonchev–Trinajstić information content (AvgIpc) is 2.01. The molecular formula is C13H25N. The van der Waals surface area contributed by atoms with Gasteiger partial charge in [0.25, 0.3) is 0 Å². The Kier molecular flexibility index (Phi) is 4.67. The molecule has 82 valence electrons. The summed E-state index contributed by atoms with van der Waals surface area (Å²) in [6.45, 7) is 8.41. The van der Waals surface area contributed by atoms with Crippen molar-refractivity contribution >= 4 is 0 Å². The predicted octanol–water partition coefficient (Wildman–Crippen LogP) is 3.50. The van der Waals surface area contributed by atoms with Crippen molar-refractivity contribution in [2.24, 2.45) is 17.6 Å². The van der Waals surface area contributed by atoms with Gasteiger partial charge in [0.15, 0.2) is 0 Å². The zero-order chi connectivity index (χ0) is 10.6. The molecule has 1 rings (SSSR count). The fraction of sp³-hybridized carbons (Fsp3) is 0.846. The monoisotopic (exact) mass is 195 g/mol. The minimum absolute atomic E-state index is 0.386. The highest BCUT2D eigenvalue weighted by Crippen LogP contribution is 2.30. The number of hydrogen-bond acceptors (Lipinski definition) is 1. The quantitative estimate of drug-likeness (QED) is 0.671. The minimum atomic E-state index is 0.386. The highest BCUT2D eigenvalue weighted by atomic mass is 14.6. The van der Waals surface area contributed by atoms with Crippen LogP contribution in [0.5, 0.6) is 0 Å². The van der Waals surface area contributed by atoms with Crippen LogP contribution >= 0.6 is 0 Å². The van der Waals surface area contributed by atoms with Gasteiger partial charge < -0.3 is 5.73 Å². The Morgan fingerprint density at radius 2 is 1.71 bits per heavy atom. The molecule has 2 N–H and O–H groups in total. The Morgan fingerprint density at radius 1 is 1.21 bits per heavy atom. The third kappa shape index (κ3) is 3.45. The zero-order valence-electron chi connectivity index (χ0n) is 9.76. The van der Waals surface area contributed by atoms with Crippen molar-refractivity contribution in [3.05, 3.63) is 12.2 Å². The lowest BCUT2D eigenvalue weighted by Gasteiger charge is -2.26. The standard InChI is InChI=1S/C13H25N/c1-10(2)12-6-4-8-13(11(3)14)9-5-7-12/h11-13H,1,4-9,14H2,2-3H3. The van der Waals surface area contributed by atoms with E-state index in [1.807, 2.05) is 0 Å². The molecule has 0 radical (unpaired) electrons. The van der Waals surface area contributed by atoms with Crippen molar-refractivity contribution in [3.8, 4) is 0 Å². The molecule has 1 atom stereocenters. The van der Waals surface area contributed by atoms with Gasteiger partial charge in [-0.2, -0.15) is 0 Å². The lowest BCUT2D eigenvalue weighted by Crippen LogP contribution is -2.27. The summed E-state index contributed by atoms with van der Waals surface area (Å²) in [6, 6.07) is 0.386. The van der Waals surface area contributed by atoms with Crippen LogP contribution in [0.1, 0.15) is 52.4 Å². The molecule has 0 saturated heterocycles. The molecule has 1 heteroatoms. The molecule has 0 heterocycles. The summed E-state index contributed by atoms with van der Waals surface area (Å²) >= 11 is 0. The van der Waals surface area contributed by atoms with Crippen molar-refractivity contribution in [2.45, 2.75) is 58.4 Å². The lowest BCUT2D eigenvalue weighted by atomic mass is 9.81. The molecule has 0 aromatic rings. The normalized spacial score (nSPS) is 31.6. The van der Waals surface area contributed by atoms with E-state index in [0.717, 1.165) is 11.8 Å². The molecule has 1 unspecified atom stereocenters. The van der Waals surface area contributed by atoms with E-state index in [-0.39, 0.29) is 0 Å². The first-order valence-electron chi connectivity index (χ1n) is 6.02. The Bertz CT molecular complexity index is 174. The molecule has 0 bridgehead atoms. The summed E-state index contributed by atoms with van der Waals surface area (Å²) in [4.78, 5) is 0. The highest BCUT2D eigenvalue weighted by molar-refractivity contribution is 4.96. The molecule has 1 aliphatic carbocycles. The number of hydrogen-bond donors (Lipinski definition) is 1. The summed E-state index contributed by atoms with van der Waals surface area (Å²) < 4.78 is 0. The zero-order valence-corrected chi connectivity index (χ0v) is 9.76. The van der Waals surface area contributed by atoms with Crippen LogP contribution in [0, 0.1) is 11.8 Å². The lowest BCUT2D eigenvalue weighted by molar-refractivity contribution is 0.308. The largest absolute Gasteiger partial charge is 0.328 e. The van der Waals surface area contributed by atoms with Crippen molar-refractivity contribution in [2.75, 3.05) is 0 Å². The van der Waals surface area contributed by atoms with Gasteiger partial charge in [0.1, 0.15) is 0 Å². The van der Waals surface area contributed by atoms with Gasteiger partial charge in [-0.1, -0.05) is 25.0 Å². The van der Waals surface area contributed by atoms with Gasteiger partial charge in [0, 0.05) is 6.04 Å². The van der Waals surface area contributed by atoms with Gasteiger partial charge >= 0.3 is 0 Å². The van der Waals surface area contributed by atoms with Crippen LogP contribution in [0.15, 0.2) is 12.2 Å². The molecule has 14 heavy (non-hydrogen) atoms. The van der Waals surface area contributed by atoms with E-state index in [0.29, 0.717) is 6.04 Å². The van der Waals surface area contributed by atoms with E-state index in [2.05, 4.69) is 20.4 Å². The fourth-order valence-electron chi connectivity index (χ4n) is 2.56. The summed E-state index contributed by atoms with van der Waals surface area (Å²) in [5.41, 5.74) is 7.34. The van der Waals surface area contributed by atoms with Crippen LogP contribution in [0.2, 0.25) is 0 Å². The van der Waals surface area contributed by atoms with Gasteiger partial charge in [-0.05, 0) is 51.4 Å². The third-order valence-electron chi connectivity index (χ3n) is 3.70. The van der Waals surface area contributed by atoms with Crippen LogP contribution in [-0.4, -0.2) is 6.04 Å². The van der Waals surface area contributed by atoms with Crippen LogP contribution < -0.4 is 5.73 Å². The van der Waals surface area contributed by atoms with Gasteiger partial charge in [-0.15, -0.1) is 0 Å². The first-order chi connectivity index (χ1) is 6.61. The number of allylic oxidation sites excluding steroid dienone is 1. The van der Waals surface area contributed by atoms with Crippen LogP contribution in [0.25, 0.3) is 0 Å². The van der Waals surface area contributed by atoms with Crippen LogP contribution in [0.3, 0.4) is 0 Å². The average molecular weight is 195 g/mol. The van der Waals surface area contributed by atoms with Crippen LogP contribution in [0.4, 0.5) is 0 Å². The summed E-state index contributed by atoms with van der Waals surface area (Å²) in [5, 5.41) is 0. The fourth-order valence-corrected chi connectivity index (χ4v) is 2.56. The Labute approximate surface area is 88.8 Å². The maximum Gasteiger partial charge on any atom is 0.00387 e. The summed E-state index contributed by atoms with van der Waals surface area (Å²) in [7, 11) is 0. The second kappa shape index (κ2) is 5.55. The Hall–Kier alpha value is -0.300. The molecule has 1 aliphatic rings. The molecule has 0 aromatic heterocycles. The second-order valence-electron chi connectivity index (χ2n) is 5.02. The van der Waals surface area contributed by atoms with Crippen molar-refractivity contribution in [1.29, 1.82) is 0 Å². The van der Waals surface area contributed by atoms with Gasteiger partial charge in [-0.3, -0.25) is 0 Å². The molecule has 0 aromatic carbocycles. The van der Waals surface area contributed by atoms with Crippen molar-refractivity contribution in [1.82, 2.24) is 0 Å². The highest BCUT2D eigenvalue weighted by Gasteiger charge is 2.19. The first-order valence-corrected chi connectivity index (χ1v) is 6.02. The number of nitrogens with two attached hydrogens (primary N) is 1. The van der Waals surface area contributed by atoms with E-state index in [4.69, 9.17) is 5.73 Å². The molecule has 0 amide bonds. The third-order valence-corrected chi connectivity index (χ3v) is 3.70. The van der Waals surface area contributed by atoms with E-state index in [1.54, 1.807) is 0 Å². The maximum absolute atomic E-state index is 5.96. The Morgan fingerprint density at radius 3 is 2.07 bits per heavy atom. The van der Waals surface area contributed by atoms with E-state index < -0.39 is 0 Å². The van der Waals surface area contributed by atoms with Gasteiger partial charge in [0.2, 0.25) is 0 Å². The summed E-state index contributed by atoms with van der Waals surface area (Å²) in [5.74, 6) is 1.55. The molecule has 0 spiro atoms. The van der Waals surface area contributed by atoms with E-state index in [9.17, 15) is 0 Å². The molecular weight excluding hydrogens is 170 g/mol. The van der Waals surface area contributed by atoms with E-state index in [1.165, 1.54) is 44.1 Å². The molecule has 1 fully saturated rings. The van der Waals surface area contributed by atoms with Crippen LogP contribution in [-0.2, 0) is 0 Å². The Balaban J connectivity index is 2.39.